The highest BCUT2D eigenvalue weighted by molar-refractivity contribution is 7.17. The van der Waals surface area contributed by atoms with Gasteiger partial charge in [0, 0.05) is 30.4 Å². The number of hydrogen-bond acceptors (Lipinski definition) is 4. The summed E-state index contributed by atoms with van der Waals surface area (Å²) < 4.78 is 79.3. The third-order valence-electron chi connectivity index (χ3n) is 4.98. The van der Waals surface area contributed by atoms with Crippen LogP contribution in [0.4, 0.5) is 26.3 Å². The van der Waals surface area contributed by atoms with E-state index in [4.69, 9.17) is 0 Å². The van der Waals surface area contributed by atoms with E-state index >= 15 is 0 Å². The molecule has 0 radical (unpaired) electrons. The molecule has 2 aromatic heterocycles. The normalized spacial score (nSPS) is 13.2. The van der Waals surface area contributed by atoms with Crippen LogP contribution in [0.25, 0.3) is 10.6 Å². The fourth-order valence-electron chi connectivity index (χ4n) is 3.43. The van der Waals surface area contributed by atoms with Crippen LogP contribution in [0.3, 0.4) is 0 Å². The lowest BCUT2D eigenvalue weighted by atomic mass is 9.89. The van der Waals surface area contributed by atoms with Gasteiger partial charge in [0.1, 0.15) is 9.88 Å². The van der Waals surface area contributed by atoms with Crippen molar-refractivity contribution in [2.75, 3.05) is 6.54 Å². The van der Waals surface area contributed by atoms with Crippen molar-refractivity contribution in [3.05, 3.63) is 70.5 Å². The molecule has 0 bridgehead atoms. The Hall–Kier alpha value is -2.95. The van der Waals surface area contributed by atoms with Gasteiger partial charge >= 0.3 is 12.4 Å². The molecule has 1 atom stereocenters. The van der Waals surface area contributed by atoms with E-state index in [9.17, 15) is 31.1 Å². The maximum Gasteiger partial charge on any atom is 0.435 e. The molecule has 0 saturated carbocycles. The van der Waals surface area contributed by atoms with Gasteiger partial charge in [0.15, 0.2) is 5.69 Å². The molecule has 0 aliphatic heterocycles. The minimum Gasteiger partial charge on any atom is -0.351 e. The average Bonchev–Trinajstić information content (AvgIpc) is 3.23. The number of benzene rings is 1. The topological polar surface area (TPSA) is 54.9 Å². The number of alkyl halides is 6. The van der Waals surface area contributed by atoms with Crippen molar-refractivity contribution in [1.29, 1.82) is 0 Å². The van der Waals surface area contributed by atoms with E-state index in [1.54, 1.807) is 6.07 Å². The molecule has 0 aliphatic carbocycles. The Kier molecular flexibility index (Phi) is 7.64. The van der Waals surface area contributed by atoms with E-state index in [-0.39, 0.29) is 23.4 Å². The van der Waals surface area contributed by atoms with Crippen LogP contribution < -0.4 is 5.32 Å². The lowest BCUT2D eigenvalue weighted by Crippen LogP contribution is -2.30. The predicted molar refractivity (Wildman–Crippen MR) is 116 cm³/mol. The van der Waals surface area contributed by atoms with Crippen LogP contribution >= 0.6 is 11.3 Å². The van der Waals surface area contributed by atoms with E-state index in [0.717, 1.165) is 12.1 Å². The van der Waals surface area contributed by atoms with E-state index in [1.165, 1.54) is 30.6 Å². The van der Waals surface area contributed by atoms with Gasteiger partial charge in [0.05, 0.1) is 5.56 Å². The van der Waals surface area contributed by atoms with Crippen LogP contribution in [-0.2, 0) is 12.4 Å². The molecule has 0 saturated heterocycles. The molecule has 0 fully saturated rings. The first-order chi connectivity index (χ1) is 15.9. The fourth-order valence-corrected chi connectivity index (χ4v) is 4.42. The Bertz CT molecular complexity index is 1110. The molecule has 1 N–H and O–H groups in total. The first kappa shape index (κ1) is 25.7. The lowest BCUT2D eigenvalue weighted by Gasteiger charge is -2.21. The van der Waals surface area contributed by atoms with Crippen LogP contribution in [-0.4, -0.2) is 22.4 Å². The number of carbonyl (C=O) groups excluding carboxylic acids is 1. The van der Waals surface area contributed by atoms with Gasteiger partial charge in [-0.1, -0.05) is 26.0 Å². The minimum absolute atomic E-state index is 0.00652. The molecule has 34 heavy (non-hydrogen) atoms. The number of thiazole rings is 1. The molecule has 0 aliphatic rings. The Morgan fingerprint density at radius 1 is 1.03 bits per heavy atom. The summed E-state index contributed by atoms with van der Waals surface area (Å²) in [7, 11) is 0. The third-order valence-corrected chi connectivity index (χ3v) is 6.09. The molecule has 4 nitrogen and oxygen atoms in total. The maximum absolute atomic E-state index is 13.6. The Labute approximate surface area is 196 Å². The number of nitrogens with zero attached hydrogens (tertiary/aromatic N) is 2. The highest BCUT2D eigenvalue weighted by atomic mass is 32.1. The molecule has 0 spiro atoms. The summed E-state index contributed by atoms with van der Waals surface area (Å²) in [6, 6.07) is 7.65. The zero-order valence-electron chi connectivity index (χ0n) is 18.2. The predicted octanol–water partition coefficient (Wildman–Crippen LogP) is 6.80. The standard InChI is InChI=1S/C23H21F6N3OS/c1-13(2)10-16(14-5-7-17(8-6-14)22(24,25)26)12-31-20(33)18-19(23(27,28)29)32-21(34-18)15-4-3-9-30-11-15/h3-9,11,13,16H,10,12H2,1-2H3,(H,31,33). The summed E-state index contributed by atoms with van der Waals surface area (Å²) in [5.74, 6) is -1.19. The van der Waals surface area contributed by atoms with Gasteiger partial charge in [-0.15, -0.1) is 11.3 Å². The second kappa shape index (κ2) is 10.1. The number of pyridine rings is 1. The summed E-state index contributed by atoms with van der Waals surface area (Å²) >= 11 is 0.605. The van der Waals surface area contributed by atoms with Crippen LogP contribution in [0.2, 0.25) is 0 Å². The first-order valence-electron chi connectivity index (χ1n) is 10.3. The second-order valence-corrected chi connectivity index (χ2v) is 9.09. The minimum atomic E-state index is -4.84. The summed E-state index contributed by atoms with van der Waals surface area (Å²) in [6.07, 6.45) is -5.99. The number of rotatable bonds is 7. The largest absolute Gasteiger partial charge is 0.435 e. The number of amides is 1. The van der Waals surface area contributed by atoms with Crippen molar-refractivity contribution in [3.63, 3.8) is 0 Å². The molecule has 3 aromatic rings. The van der Waals surface area contributed by atoms with Crippen LogP contribution in [0.5, 0.6) is 0 Å². The van der Waals surface area contributed by atoms with Gasteiger partial charge in [-0.05, 0) is 42.2 Å². The Morgan fingerprint density at radius 3 is 2.24 bits per heavy atom. The molecule has 1 aromatic carbocycles. The second-order valence-electron chi connectivity index (χ2n) is 8.09. The molecule has 182 valence electrons. The van der Waals surface area contributed by atoms with E-state index in [1.807, 2.05) is 13.8 Å². The number of aromatic nitrogens is 2. The van der Waals surface area contributed by atoms with Crippen molar-refractivity contribution >= 4 is 17.2 Å². The van der Waals surface area contributed by atoms with Crippen molar-refractivity contribution < 1.29 is 31.1 Å². The van der Waals surface area contributed by atoms with Gasteiger partial charge in [0.25, 0.3) is 5.91 Å². The average molecular weight is 501 g/mol. The molecule has 2 heterocycles. The summed E-state index contributed by atoms with van der Waals surface area (Å²) in [6.45, 7) is 3.77. The van der Waals surface area contributed by atoms with Gasteiger partial charge in [-0.25, -0.2) is 4.98 Å². The molecular weight excluding hydrogens is 480 g/mol. The maximum atomic E-state index is 13.6. The van der Waals surface area contributed by atoms with Gasteiger partial charge < -0.3 is 5.32 Å². The summed E-state index contributed by atoms with van der Waals surface area (Å²) in [5.41, 5.74) is -1.19. The van der Waals surface area contributed by atoms with Crippen LogP contribution in [0.15, 0.2) is 48.8 Å². The van der Waals surface area contributed by atoms with Crippen molar-refractivity contribution in [3.8, 4) is 10.6 Å². The number of nitrogens with one attached hydrogen (secondary N) is 1. The molecular formula is C23H21F6N3OS. The monoisotopic (exact) mass is 501 g/mol. The van der Waals surface area contributed by atoms with Crippen LogP contribution in [0.1, 0.15) is 52.7 Å². The highest BCUT2D eigenvalue weighted by Gasteiger charge is 2.40. The van der Waals surface area contributed by atoms with Crippen molar-refractivity contribution in [2.24, 2.45) is 5.92 Å². The molecule has 1 unspecified atom stereocenters. The zero-order valence-corrected chi connectivity index (χ0v) is 19.0. The van der Waals surface area contributed by atoms with Gasteiger partial charge in [-0.3, -0.25) is 9.78 Å². The molecule has 3 rings (SSSR count). The number of halogens is 6. The third kappa shape index (κ3) is 6.34. The van der Waals surface area contributed by atoms with Gasteiger partial charge in [-0.2, -0.15) is 26.3 Å². The Balaban J connectivity index is 1.83. The molecule has 1 amide bonds. The van der Waals surface area contributed by atoms with E-state index < -0.39 is 34.4 Å². The van der Waals surface area contributed by atoms with Crippen molar-refractivity contribution in [1.82, 2.24) is 15.3 Å². The van der Waals surface area contributed by atoms with Crippen LogP contribution in [0, 0.1) is 5.92 Å². The number of carbonyl (C=O) groups is 1. The summed E-state index contributed by atoms with van der Waals surface area (Å²) in [5, 5.41) is 2.53. The molecule has 11 heteroatoms. The first-order valence-corrected chi connectivity index (χ1v) is 11.1. The lowest BCUT2D eigenvalue weighted by molar-refractivity contribution is -0.141. The van der Waals surface area contributed by atoms with Crippen molar-refractivity contribution in [2.45, 2.75) is 38.5 Å². The SMILES string of the molecule is CC(C)CC(CNC(=O)c1sc(-c2cccnc2)nc1C(F)(F)F)c1ccc(C(F)(F)F)cc1. The summed E-state index contributed by atoms with van der Waals surface area (Å²) in [4.78, 5) is 19.7. The Morgan fingerprint density at radius 2 is 1.71 bits per heavy atom. The highest BCUT2D eigenvalue weighted by Crippen LogP contribution is 2.38. The number of hydrogen-bond donors (Lipinski definition) is 1. The zero-order chi connectivity index (χ0) is 25.1. The quantitative estimate of drug-likeness (QED) is 0.362. The van der Waals surface area contributed by atoms with Gasteiger partial charge in [0.2, 0.25) is 0 Å². The smallest absolute Gasteiger partial charge is 0.351 e. The fraction of sp³-hybridized carbons (Fsp3) is 0.348. The van der Waals surface area contributed by atoms with E-state index in [0.29, 0.717) is 28.9 Å². The van der Waals surface area contributed by atoms with E-state index in [2.05, 4.69) is 15.3 Å².